The van der Waals surface area contributed by atoms with Gasteiger partial charge in [-0.25, -0.2) is 4.98 Å². The second-order valence-electron chi connectivity index (χ2n) is 7.92. The Balaban J connectivity index is 1.81. The number of aliphatic hydroxyl groups excluding tert-OH is 2. The molecule has 0 aliphatic carbocycles. The Morgan fingerprint density at radius 2 is 2.24 bits per heavy atom. The molecular weight excluding hydrogens is 372 g/mol. The molecule has 3 N–H and O–H groups in total. The fourth-order valence-electron chi connectivity index (χ4n) is 4.24. The lowest BCUT2D eigenvalue weighted by atomic mass is 9.74. The number of likely N-dealkylation sites (tertiary alicyclic amines) is 1. The number of anilines is 1. The topological polar surface area (TPSA) is 99.9 Å². The number of nitrogens with zero attached hydrogens (tertiary/aromatic N) is 3. The van der Waals surface area contributed by atoms with Gasteiger partial charge in [0.2, 0.25) is 5.95 Å². The van der Waals surface area contributed by atoms with Gasteiger partial charge in [0.1, 0.15) is 0 Å². The molecule has 1 saturated heterocycles. The van der Waals surface area contributed by atoms with Crippen molar-refractivity contribution in [3.63, 3.8) is 0 Å². The summed E-state index contributed by atoms with van der Waals surface area (Å²) in [7, 11) is 3.58. The van der Waals surface area contributed by atoms with Crippen molar-refractivity contribution in [2.75, 3.05) is 45.3 Å². The van der Waals surface area contributed by atoms with Gasteiger partial charge in [-0.1, -0.05) is 13.3 Å². The highest BCUT2D eigenvalue weighted by Gasteiger charge is 2.43. The Hall–Kier alpha value is -2.16. The van der Waals surface area contributed by atoms with E-state index >= 15 is 0 Å². The van der Waals surface area contributed by atoms with Gasteiger partial charge in [-0.15, -0.1) is 0 Å². The number of aromatic nitrogens is 2. The Labute approximate surface area is 171 Å². The van der Waals surface area contributed by atoms with Crippen molar-refractivity contribution in [3.05, 3.63) is 23.8 Å². The first-order valence-corrected chi connectivity index (χ1v) is 10.2. The van der Waals surface area contributed by atoms with Gasteiger partial charge >= 0.3 is 0 Å². The molecule has 0 saturated carbocycles. The quantitative estimate of drug-likeness (QED) is 0.578. The average Bonchev–Trinajstić information content (AvgIpc) is 3.04. The fraction of sp³-hybridized carbons (Fsp3) is 0.619. The number of rotatable bonds is 8. The molecule has 1 aromatic heterocycles. The van der Waals surface area contributed by atoms with Crippen LogP contribution in [0.2, 0.25) is 0 Å². The second-order valence-corrected chi connectivity index (χ2v) is 7.92. The Morgan fingerprint density at radius 3 is 2.93 bits per heavy atom. The normalized spacial score (nSPS) is 22.2. The van der Waals surface area contributed by atoms with Crippen molar-refractivity contribution in [3.8, 4) is 0 Å². The van der Waals surface area contributed by atoms with E-state index in [2.05, 4.69) is 10.3 Å². The highest BCUT2D eigenvalue weighted by Crippen LogP contribution is 2.35. The molecule has 1 aliphatic heterocycles. The maximum Gasteiger partial charge on any atom is 0.253 e. The average molecular weight is 405 g/mol. The van der Waals surface area contributed by atoms with Crippen molar-refractivity contribution in [1.82, 2.24) is 14.5 Å². The van der Waals surface area contributed by atoms with E-state index in [1.54, 1.807) is 12.0 Å². The number of ether oxygens (including phenoxy) is 1. The fourth-order valence-corrected chi connectivity index (χ4v) is 4.24. The minimum absolute atomic E-state index is 0.0905. The number of amides is 1. The Kier molecular flexibility index (Phi) is 6.77. The van der Waals surface area contributed by atoms with Gasteiger partial charge in [-0.2, -0.15) is 0 Å². The van der Waals surface area contributed by atoms with Gasteiger partial charge in [0.25, 0.3) is 5.91 Å². The third-order valence-electron chi connectivity index (χ3n) is 5.95. The molecule has 8 nitrogen and oxygen atoms in total. The molecule has 0 unspecified atom stereocenters. The van der Waals surface area contributed by atoms with E-state index in [4.69, 9.17) is 4.74 Å². The Bertz CT molecular complexity index is 853. The molecule has 1 fully saturated rings. The van der Waals surface area contributed by atoms with Crippen LogP contribution in [0, 0.1) is 5.41 Å². The van der Waals surface area contributed by atoms with E-state index < -0.39 is 11.5 Å². The summed E-state index contributed by atoms with van der Waals surface area (Å²) in [5.74, 6) is 0.636. The van der Waals surface area contributed by atoms with Gasteiger partial charge in [-0.05, 0) is 31.0 Å². The van der Waals surface area contributed by atoms with Crippen LogP contribution in [0.1, 0.15) is 36.5 Å². The van der Waals surface area contributed by atoms with E-state index in [-0.39, 0.29) is 12.5 Å². The van der Waals surface area contributed by atoms with Crippen molar-refractivity contribution in [1.29, 1.82) is 0 Å². The first-order chi connectivity index (χ1) is 14.0. The van der Waals surface area contributed by atoms with E-state index in [0.29, 0.717) is 44.6 Å². The summed E-state index contributed by atoms with van der Waals surface area (Å²) in [6.07, 6.45) is 1.42. The summed E-state index contributed by atoms with van der Waals surface area (Å²) < 4.78 is 7.01. The predicted octanol–water partition coefficient (Wildman–Crippen LogP) is 1.62. The molecule has 0 radical (unpaired) electrons. The van der Waals surface area contributed by atoms with Crippen molar-refractivity contribution >= 4 is 22.9 Å². The minimum Gasteiger partial charge on any atom is -0.396 e. The molecule has 1 aromatic carbocycles. The molecule has 2 heterocycles. The van der Waals surface area contributed by atoms with Gasteiger partial charge in [0.05, 0.1) is 30.4 Å². The Morgan fingerprint density at radius 1 is 1.45 bits per heavy atom. The maximum atomic E-state index is 13.2. The molecule has 1 aliphatic rings. The number of hydrogen-bond donors (Lipinski definition) is 3. The van der Waals surface area contributed by atoms with E-state index in [0.717, 1.165) is 23.4 Å². The number of methoxy groups -OCH3 is 1. The van der Waals surface area contributed by atoms with Crippen LogP contribution in [0.3, 0.4) is 0 Å². The summed E-state index contributed by atoms with van der Waals surface area (Å²) in [5.41, 5.74) is 1.61. The lowest BCUT2D eigenvalue weighted by molar-refractivity contribution is -0.0720. The summed E-state index contributed by atoms with van der Waals surface area (Å²) in [4.78, 5) is 19.5. The number of aliphatic hydroxyl groups is 2. The highest BCUT2D eigenvalue weighted by atomic mass is 16.5. The van der Waals surface area contributed by atoms with Crippen LogP contribution in [0.15, 0.2) is 18.2 Å². The minimum atomic E-state index is -0.643. The number of hydrogen-bond acceptors (Lipinski definition) is 6. The number of piperidine rings is 1. The standard InChI is InChI=1S/C21H32N4O4/c1-4-8-21(14-26)13-25(10-7-18(21)27)19(28)15-5-6-17-16(12-15)23-20(24(17)2)22-9-11-29-3/h5-6,12,18,26-27H,4,7-11,13-14H2,1-3H3,(H,22,23)/t18-,21-/m0/s1. The number of fused-ring (bicyclic) bond motifs is 1. The lowest BCUT2D eigenvalue weighted by Gasteiger charge is -2.45. The summed E-state index contributed by atoms with van der Waals surface area (Å²) in [5, 5.41) is 23.6. The molecule has 8 heteroatoms. The molecule has 0 bridgehead atoms. The van der Waals surface area contributed by atoms with Crippen LogP contribution < -0.4 is 5.32 Å². The van der Waals surface area contributed by atoms with Crippen LogP contribution in [0.25, 0.3) is 11.0 Å². The SMILES string of the molecule is CCC[C@@]1(CO)CN(C(=O)c2ccc3c(c2)nc(NCCOC)n3C)CC[C@@H]1O. The monoisotopic (exact) mass is 404 g/mol. The maximum absolute atomic E-state index is 13.2. The van der Waals surface area contributed by atoms with E-state index in [1.165, 1.54) is 0 Å². The second kappa shape index (κ2) is 9.11. The molecule has 2 aromatic rings. The number of carbonyl (C=O) groups excluding carboxylic acids is 1. The first kappa shape index (κ1) is 21.5. The molecule has 0 spiro atoms. The first-order valence-electron chi connectivity index (χ1n) is 10.2. The molecule has 1 amide bonds. The number of carbonyl (C=O) groups is 1. The summed E-state index contributed by atoms with van der Waals surface area (Å²) >= 11 is 0. The molecule has 29 heavy (non-hydrogen) atoms. The third-order valence-corrected chi connectivity index (χ3v) is 5.95. The largest absolute Gasteiger partial charge is 0.396 e. The lowest BCUT2D eigenvalue weighted by Crippen LogP contribution is -2.55. The zero-order valence-corrected chi connectivity index (χ0v) is 17.5. The predicted molar refractivity (Wildman–Crippen MR) is 112 cm³/mol. The van der Waals surface area contributed by atoms with Gasteiger partial charge in [-0.3, -0.25) is 4.79 Å². The summed E-state index contributed by atoms with van der Waals surface area (Å²) in [6.45, 7) is 3.98. The van der Waals surface area contributed by atoms with Crippen LogP contribution in [0.4, 0.5) is 5.95 Å². The smallest absolute Gasteiger partial charge is 0.253 e. The van der Waals surface area contributed by atoms with Crippen molar-refractivity contribution < 1.29 is 19.7 Å². The highest BCUT2D eigenvalue weighted by molar-refractivity contribution is 5.97. The van der Waals surface area contributed by atoms with Gasteiger partial charge in [0, 0.05) is 44.8 Å². The van der Waals surface area contributed by atoms with Gasteiger partial charge in [0.15, 0.2) is 0 Å². The number of aryl methyl sites for hydroxylation is 1. The molecular formula is C21H32N4O4. The molecule has 160 valence electrons. The zero-order valence-electron chi connectivity index (χ0n) is 17.5. The number of benzene rings is 1. The van der Waals surface area contributed by atoms with Crippen LogP contribution in [0.5, 0.6) is 0 Å². The van der Waals surface area contributed by atoms with Crippen LogP contribution in [-0.4, -0.2) is 76.6 Å². The van der Waals surface area contributed by atoms with Crippen molar-refractivity contribution in [2.45, 2.75) is 32.3 Å². The zero-order chi connectivity index (χ0) is 21.0. The van der Waals surface area contributed by atoms with Crippen LogP contribution >= 0.6 is 0 Å². The number of nitrogens with one attached hydrogen (secondary N) is 1. The summed E-state index contributed by atoms with van der Waals surface area (Å²) in [6, 6.07) is 5.53. The number of imidazole rings is 1. The van der Waals surface area contributed by atoms with E-state index in [9.17, 15) is 15.0 Å². The van der Waals surface area contributed by atoms with Crippen LogP contribution in [-0.2, 0) is 11.8 Å². The molecule has 3 rings (SSSR count). The third kappa shape index (κ3) is 4.24. The van der Waals surface area contributed by atoms with Crippen molar-refractivity contribution in [2.24, 2.45) is 12.5 Å². The molecule has 2 atom stereocenters. The van der Waals surface area contributed by atoms with E-state index in [1.807, 2.05) is 36.7 Å². The van der Waals surface area contributed by atoms with Gasteiger partial charge < -0.3 is 29.7 Å².